The molecule has 0 N–H and O–H groups in total. The van der Waals surface area contributed by atoms with Crippen LogP contribution in [0.4, 0.5) is 13.2 Å². The zero-order valence-corrected chi connectivity index (χ0v) is 13.4. The second kappa shape index (κ2) is 8.19. The summed E-state index contributed by atoms with van der Waals surface area (Å²) in [5.74, 6) is 1.48. The van der Waals surface area contributed by atoms with Crippen molar-refractivity contribution >= 4 is 0 Å². The Morgan fingerprint density at radius 3 is 2.45 bits per heavy atom. The molecule has 2 rings (SSSR count). The number of halogens is 3. The van der Waals surface area contributed by atoms with Crippen LogP contribution < -0.4 is 0 Å². The van der Waals surface area contributed by atoms with Gasteiger partial charge in [-0.05, 0) is 49.5 Å². The van der Waals surface area contributed by atoms with Gasteiger partial charge in [0.15, 0.2) is 0 Å². The van der Waals surface area contributed by atoms with E-state index in [1.54, 1.807) is 6.08 Å². The summed E-state index contributed by atoms with van der Waals surface area (Å²) >= 11 is 0. The van der Waals surface area contributed by atoms with Gasteiger partial charge >= 0.3 is 6.18 Å². The summed E-state index contributed by atoms with van der Waals surface area (Å²) in [6.45, 7) is 1.08. The Kier molecular flexibility index (Phi) is 6.54. The number of alkyl halides is 3. The fourth-order valence-electron chi connectivity index (χ4n) is 3.52. The van der Waals surface area contributed by atoms with Crippen LogP contribution in [0.1, 0.15) is 58.3 Å². The van der Waals surface area contributed by atoms with Gasteiger partial charge in [-0.1, -0.05) is 44.4 Å². The summed E-state index contributed by atoms with van der Waals surface area (Å²) < 4.78 is 41.3. The third-order valence-electron chi connectivity index (χ3n) is 4.83. The molecule has 1 nitrogen and oxygen atoms in total. The zero-order chi connectivity index (χ0) is 16.0. The van der Waals surface area contributed by atoms with E-state index in [1.807, 2.05) is 6.08 Å². The molecule has 1 saturated carbocycles. The standard InChI is InChI=1S/C18H27F3O/c1-2-3-4-14-5-7-15(8-6-14)16-9-11-17(12-10-16)22-13-18(19,20)21/h9-11,14-15,17H,2-8,12-13H2,1H3. The monoisotopic (exact) mass is 316 g/mol. The van der Waals surface area contributed by atoms with Gasteiger partial charge in [0.05, 0.1) is 6.10 Å². The van der Waals surface area contributed by atoms with Crippen LogP contribution in [0.25, 0.3) is 0 Å². The first-order valence-corrected chi connectivity index (χ1v) is 8.54. The third kappa shape index (κ3) is 5.79. The lowest BCUT2D eigenvalue weighted by atomic mass is 9.76. The van der Waals surface area contributed by atoms with Gasteiger partial charge in [-0.3, -0.25) is 0 Å². The molecule has 0 aromatic heterocycles. The average Bonchev–Trinajstić information content (AvgIpc) is 2.51. The molecule has 0 aromatic rings. The zero-order valence-electron chi connectivity index (χ0n) is 13.4. The average molecular weight is 316 g/mol. The first kappa shape index (κ1) is 17.6. The Morgan fingerprint density at radius 1 is 1.18 bits per heavy atom. The van der Waals surface area contributed by atoms with Crippen LogP contribution in [0.2, 0.25) is 0 Å². The van der Waals surface area contributed by atoms with Crippen LogP contribution in [0, 0.1) is 11.8 Å². The van der Waals surface area contributed by atoms with Crippen molar-refractivity contribution in [2.75, 3.05) is 6.61 Å². The molecule has 0 amide bonds. The van der Waals surface area contributed by atoms with Crippen LogP contribution in [0.15, 0.2) is 23.8 Å². The lowest BCUT2D eigenvalue weighted by Gasteiger charge is -2.30. The Balaban J connectivity index is 1.72. The molecule has 126 valence electrons. The van der Waals surface area contributed by atoms with Gasteiger partial charge in [-0.15, -0.1) is 0 Å². The van der Waals surface area contributed by atoms with Crippen molar-refractivity contribution in [1.82, 2.24) is 0 Å². The number of rotatable bonds is 6. The number of allylic oxidation sites excluding steroid dienone is 2. The van der Waals surface area contributed by atoms with E-state index >= 15 is 0 Å². The highest BCUT2D eigenvalue weighted by Gasteiger charge is 2.29. The van der Waals surface area contributed by atoms with E-state index in [9.17, 15) is 13.2 Å². The van der Waals surface area contributed by atoms with Crippen LogP contribution >= 0.6 is 0 Å². The van der Waals surface area contributed by atoms with Gasteiger partial charge < -0.3 is 4.74 Å². The van der Waals surface area contributed by atoms with E-state index in [1.165, 1.54) is 50.5 Å². The summed E-state index contributed by atoms with van der Waals surface area (Å²) in [6, 6.07) is 0. The minimum Gasteiger partial charge on any atom is -0.364 e. The number of unbranched alkanes of at least 4 members (excludes halogenated alkanes) is 1. The molecule has 0 aliphatic heterocycles. The maximum Gasteiger partial charge on any atom is 0.411 e. The number of ether oxygens (including phenoxy) is 1. The molecule has 1 fully saturated rings. The van der Waals surface area contributed by atoms with Gasteiger partial charge in [0, 0.05) is 0 Å². The van der Waals surface area contributed by atoms with Gasteiger partial charge in [0.1, 0.15) is 6.61 Å². The maximum absolute atomic E-state index is 12.1. The highest BCUT2D eigenvalue weighted by atomic mass is 19.4. The normalized spacial score (nSPS) is 29.5. The Bertz CT molecular complexity index is 390. The Hall–Kier alpha value is -0.770. The molecule has 0 aromatic carbocycles. The van der Waals surface area contributed by atoms with Crippen molar-refractivity contribution in [1.29, 1.82) is 0 Å². The van der Waals surface area contributed by atoms with Gasteiger partial charge in [0.25, 0.3) is 0 Å². The molecular formula is C18H27F3O. The third-order valence-corrected chi connectivity index (χ3v) is 4.83. The van der Waals surface area contributed by atoms with E-state index in [0.29, 0.717) is 12.3 Å². The Morgan fingerprint density at radius 2 is 1.91 bits per heavy atom. The largest absolute Gasteiger partial charge is 0.411 e. The molecule has 2 aliphatic rings. The van der Waals surface area contributed by atoms with Crippen molar-refractivity contribution in [2.24, 2.45) is 11.8 Å². The van der Waals surface area contributed by atoms with Crippen molar-refractivity contribution in [3.05, 3.63) is 23.8 Å². The summed E-state index contributed by atoms with van der Waals surface area (Å²) in [4.78, 5) is 0. The van der Waals surface area contributed by atoms with E-state index < -0.39 is 18.9 Å². The molecule has 0 saturated heterocycles. The van der Waals surface area contributed by atoms with E-state index in [4.69, 9.17) is 4.74 Å². The SMILES string of the molecule is CCCCC1CCC(C2=CCC(OCC(F)(F)F)C=C2)CC1. The molecule has 0 spiro atoms. The number of hydrogen-bond donors (Lipinski definition) is 0. The summed E-state index contributed by atoms with van der Waals surface area (Å²) in [5, 5.41) is 0. The summed E-state index contributed by atoms with van der Waals surface area (Å²) in [5.41, 5.74) is 1.31. The molecular weight excluding hydrogens is 289 g/mol. The second-order valence-corrected chi connectivity index (χ2v) is 6.62. The highest BCUT2D eigenvalue weighted by Crippen LogP contribution is 2.37. The quantitative estimate of drug-likeness (QED) is 0.600. The smallest absolute Gasteiger partial charge is 0.364 e. The van der Waals surface area contributed by atoms with Gasteiger partial charge in [0.2, 0.25) is 0 Å². The van der Waals surface area contributed by atoms with Crippen molar-refractivity contribution < 1.29 is 17.9 Å². The van der Waals surface area contributed by atoms with Gasteiger partial charge in [-0.25, -0.2) is 0 Å². The van der Waals surface area contributed by atoms with Crippen LogP contribution in [-0.2, 0) is 4.74 Å². The predicted molar refractivity (Wildman–Crippen MR) is 82.6 cm³/mol. The Labute approximate surface area is 131 Å². The van der Waals surface area contributed by atoms with Crippen LogP contribution in [-0.4, -0.2) is 18.9 Å². The second-order valence-electron chi connectivity index (χ2n) is 6.62. The fourth-order valence-corrected chi connectivity index (χ4v) is 3.52. The first-order chi connectivity index (χ1) is 10.5. The van der Waals surface area contributed by atoms with Crippen molar-refractivity contribution in [3.63, 3.8) is 0 Å². The predicted octanol–water partition coefficient (Wildman–Crippen LogP) is 5.82. The maximum atomic E-state index is 12.1. The highest BCUT2D eigenvalue weighted by molar-refractivity contribution is 5.27. The van der Waals surface area contributed by atoms with Crippen LogP contribution in [0.5, 0.6) is 0 Å². The topological polar surface area (TPSA) is 9.23 Å². The molecule has 0 heterocycles. The molecule has 1 atom stereocenters. The molecule has 0 radical (unpaired) electrons. The lowest BCUT2D eigenvalue weighted by molar-refractivity contribution is -0.180. The lowest BCUT2D eigenvalue weighted by Crippen LogP contribution is -2.23. The van der Waals surface area contributed by atoms with E-state index in [2.05, 4.69) is 13.0 Å². The van der Waals surface area contributed by atoms with Crippen LogP contribution in [0.3, 0.4) is 0 Å². The fraction of sp³-hybridized carbons (Fsp3) is 0.778. The van der Waals surface area contributed by atoms with Crippen molar-refractivity contribution in [2.45, 2.75) is 70.6 Å². The molecule has 2 aliphatic carbocycles. The summed E-state index contributed by atoms with van der Waals surface area (Å²) in [7, 11) is 0. The minimum atomic E-state index is -4.24. The molecule has 4 heteroatoms. The molecule has 1 unspecified atom stereocenters. The number of hydrogen-bond acceptors (Lipinski definition) is 1. The van der Waals surface area contributed by atoms with Gasteiger partial charge in [-0.2, -0.15) is 13.2 Å². The van der Waals surface area contributed by atoms with E-state index in [0.717, 1.165) is 5.92 Å². The summed E-state index contributed by atoms with van der Waals surface area (Å²) in [6.07, 6.45) is 10.8. The van der Waals surface area contributed by atoms with E-state index in [-0.39, 0.29) is 0 Å². The van der Waals surface area contributed by atoms with Crippen molar-refractivity contribution in [3.8, 4) is 0 Å². The molecule has 22 heavy (non-hydrogen) atoms. The molecule has 0 bridgehead atoms. The first-order valence-electron chi connectivity index (χ1n) is 8.54. The minimum absolute atomic E-state index is 0.425.